The van der Waals surface area contributed by atoms with E-state index in [0.717, 1.165) is 38.6 Å². The van der Waals surface area contributed by atoms with Crippen LogP contribution in [0.1, 0.15) is 0 Å². The number of furan rings is 1. The molecule has 0 aliphatic carbocycles. The number of hydrogen-bond acceptors (Lipinski definition) is 6. The van der Waals surface area contributed by atoms with Crippen LogP contribution in [0.2, 0.25) is 0 Å². The Morgan fingerprint density at radius 2 is 0.860 bits per heavy atom. The van der Waals surface area contributed by atoms with Crippen LogP contribution in [0.15, 0.2) is 180 Å². The molecule has 0 saturated carbocycles. The fourth-order valence-corrected chi connectivity index (χ4v) is 10.6. The molecule has 12 rings (SSSR count). The first-order chi connectivity index (χ1) is 28.2. The minimum atomic E-state index is 0.604. The Labute approximate surface area is 335 Å². The second-order valence-electron chi connectivity index (χ2n) is 14.3. The van der Waals surface area contributed by atoms with E-state index >= 15 is 0 Å². The van der Waals surface area contributed by atoms with Crippen LogP contribution in [0.25, 0.3) is 119 Å². The quantitative estimate of drug-likeness (QED) is 0.175. The second kappa shape index (κ2) is 12.8. The lowest BCUT2D eigenvalue weighted by molar-refractivity contribution is 0.669. The first kappa shape index (κ1) is 32.3. The predicted octanol–water partition coefficient (Wildman–Crippen LogP) is 14.8. The van der Waals surface area contributed by atoms with E-state index in [1.54, 1.807) is 0 Å². The molecule has 0 radical (unpaired) electrons. The molecule has 12 aromatic rings. The molecule has 57 heavy (non-hydrogen) atoms. The van der Waals surface area contributed by atoms with Gasteiger partial charge in [0.1, 0.15) is 11.2 Å². The molecule has 0 saturated heterocycles. The van der Waals surface area contributed by atoms with Crippen LogP contribution in [0.4, 0.5) is 0 Å². The van der Waals surface area contributed by atoms with Crippen molar-refractivity contribution >= 4 is 85.0 Å². The molecule has 0 amide bonds. The molecule has 0 N–H and O–H groups in total. The van der Waals surface area contributed by atoms with Crippen LogP contribution in [0.3, 0.4) is 0 Å². The molecule has 0 fully saturated rings. The van der Waals surface area contributed by atoms with Crippen LogP contribution >= 0.6 is 22.7 Å². The van der Waals surface area contributed by atoms with Crippen molar-refractivity contribution in [1.29, 1.82) is 0 Å². The summed E-state index contributed by atoms with van der Waals surface area (Å²) >= 11 is 3.67. The van der Waals surface area contributed by atoms with Gasteiger partial charge < -0.3 is 4.42 Å². The third kappa shape index (κ3) is 5.30. The Morgan fingerprint density at radius 1 is 0.316 bits per heavy atom. The topological polar surface area (TPSA) is 51.8 Å². The number of thiophene rings is 2. The van der Waals surface area contributed by atoms with Crippen molar-refractivity contribution in [3.63, 3.8) is 0 Å². The predicted molar refractivity (Wildman–Crippen MR) is 240 cm³/mol. The van der Waals surface area contributed by atoms with Crippen molar-refractivity contribution in [2.24, 2.45) is 0 Å². The number of nitrogens with zero attached hydrogens (tertiary/aromatic N) is 3. The Morgan fingerprint density at radius 3 is 1.67 bits per heavy atom. The maximum absolute atomic E-state index is 6.25. The zero-order valence-corrected chi connectivity index (χ0v) is 31.9. The number of para-hydroxylation sites is 1. The minimum Gasteiger partial charge on any atom is -0.456 e. The standard InChI is InChI=1S/C51H29N3OS2/c1-2-11-30(12-3-1)49-52-50(32-22-24-37-36-15-6-8-18-42(36)55-43(37)27-32)54-51(53-49)33-23-26-39-38-25-21-31(28-46(38)57-47(39)29-33)34-13-4-5-14-35(34)40-17-10-20-45-48(40)41-16-7-9-19-44(41)56-45/h1-29H. The van der Waals surface area contributed by atoms with Gasteiger partial charge >= 0.3 is 0 Å². The summed E-state index contributed by atoms with van der Waals surface area (Å²) in [6, 6.07) is 62.2. The Balaban J connectivity index is 0.969. The maximum atomic E-state index is 6.25. The van der Waals surface area contributed by atoms with Crippen molar-refractivity contribution in [3.05, 3.63) is 176 Å². The molecule has 4 heterocycles. The highest BCUT2D eigenvalue weighted by Crippen LogP contribution is 2.44. The summed E-state index contributed by atoms with van der Waals surface area (Å²) in [6.07, 6.45) is 0. The fraction of sp³-hybridized carbons (Fsp3) is 0. The summed E-state index contributed by atoms with van der Waals surface area (Å²) in [5, 5.41) is 7.27. The normalized spacial score (nSPS) is 11.9. The highest BCUT2D eigenvalue weighted by molar-refractivity contribution is 7.26. The zero-order chi connectivity index (χ0) is 37.5. The first-order valence-electron chi connectivity index (χ1n) is 18.9. The summed E-state index contributed by atoms with van der Waals surface area (Å²) in [7, 11) is 0. The number of fused-ring (bicyclic) bond motifs is 9. The van der Waals surface area contributed by atoms with Gasteiger partial charge in [-0.3, -0.25) is 0 Å². The van der Waals surface area contributed by atoms with Gasteiger partial charge in [0.2, 0.25) is 0 Å². The Kier molecular flexibility index (Phi) is 7.24. The Bertz CT molecular complexity index is 3540. The van der Waals surface area contributed by atoms with Crippen LogP contribution < -0.4 is 0 Å². The lowest BCUT2D eigenvalue weighted by Gasteiger charge is -2.12. The lowest BCUT2D eigenvalue weighted by Crippen LogP contribution is -2.00. The van der Waals surface area contributed by atoms with E-state index in [4.69, 9.17) is 19.4 Å². The molecule has 6 heteroatoms. The number of benzene rings is 8. The summed E-state index contributed by atoms with van der Waals surface area (Å²) in [5.74, 6) is 1.87. The fourth-order valence-electron chi connectivity index (χ4n) is 8.27. The molecule has 0 atom stereocenters. The molecule has 4 nitrogen and oxygen atoms in total. The highest BCUT2D eigenvalue weighted by Gasteiger charge is 2.18. The van der Waals surface area contributed by atoms with Gasteiger partial charge in [0.05, 0.1) is 0 Å². The van der Waals surface area contributed by atoms with Gasteiger partial charge in [-0.15, -0.1) is 22.7 Å². The maximum Gasteiger partial charge on any atom is 0.164 e. The first-order valence-corrected chi connectivity index (χ1v) is 20.6. The number of rotatable bonds is 5. The van der Waals surface area contributed by atoms with Crippen molar-refractivity contribution in [2.45, 2.75) is 0 Å². The molecule has 4 aromatic heterocycles. The third-order valence-electron chi connectivity index (χ3n) is 11.0. The highest BCUT2D eigenvalue weighted by atomic mass is 32.1. The van der Waals surface area contributed by atoms with Gasteiger partial charge in [0.15, 0.2) is 17.5 Å². The summed E-state index contributed by atoms with van der Waals surface area (Å²) < 4.78 is 11.3. The van der Waals surface area contributed by atoms with Crippen molar-refractivity contribution < 1.29 is 4.42 Å². The lowest BCUT2D eigenvalue weighted by atomic mass is 9.91. The molecular weight excluding hydrogens is 735 g/mol. The summed E-state index contributed by atoms with van der Waals surface area (Å²) in [4.78, 5) is 15.1. The minimum absolute atomic E-state index is 0.604. The van der Waals surface area contributed by atoms with Gasteiger partial charge in [-0.1, -0.05) is 133 Å². The average Bonchev–Trinajstić information content (AvgIpc) is 3.97. The van der Waals surface area contributed by atoms with Gasteiger partial charge in [-0.05, 0) is 64.7 Å². The van der Waals surface area contributed by atoms with Gasteiger partial charge in [0, 0.05) is 67.8 Å². The molecule has 0 bridgehead atoms. The zero-order valence-electron chi connectivity index (χ0n) is 30.3. The molecular formula is C51H29N3OS2. The average molecular weight is 764 g/mol. The van der Waals surface area contributed by atoms with Gasteiger partial charge in [-0.25, -0.2) is 15.0 Å². The molecule has 8 aromatic carbocycles. The van der Waals surface area contributed by atoms with Crippen LogP contribution in [0, 0.1) is 0 Å². The number of aromatic nitrogens is 3. The van der Waals surface area contributed by atoms with Crippen molar-refractivity contribution in [2.75, 3.05) is 0 Å². The smallest absolute Gasteiger partial charge is 0.164 e. The van der Waals surface area contributed by atoms with E-state index in [1.807, 2.05) is 77.3 Å². The van der Waals surface area contributed by atoms with E-state index in [1.165, 1.54) is 62.6 Å². The second-order valence-corrected chi connectivity index (χ2v) is 16.5. The molecule has 0 aliphatic rings. The van der Waals surface area contributed by atoms with Crippen LogP contribution in [0.5, 0.6) is 0 Å². The monoisotopic (exact) mass is 763 g/mol. The largest absolute Gasteiger partial charge is 0.456 e. The summed E-state index contributed by atoms with van der Waals surface area (Å²) in [6.45, 7) is 0. The van der Waals surface area contributed by atoms with E-state index in [-0.39, 0.29) is 0 Å². The molecule has 0 unspecified atom stereocenters. The Hall–Kier alpha value is -6.99. The van der Waals surface area contributed by atoms with Crippen molar-refractivity contribution in [3.8, 4) is 56.4 Å². The van der Waals surface area contributed by atoms with Gasteiger partial charge in [0.25, 0.3) is 0 Å². The molecule has 266 valence electrons. The third-order valence-corrected chi connectivity index (χ3v) is 13.2. The van der Waals surface area contributed by atoms with Crippen LogP contribution in [-0.4, -0.2) is 15.0 Å². The van der Waals surface area contributed by atoms with E-state index in [2.05, 4.69) is 121 Å². The van der Waals surface area contributed by atoms with E-state index < -0.39 is 0 Å². The number of hydrogen-bond donors (Lipinski definition) is 0. The van der Waals surface area contributed by atoms with Crippen molar-refractivity contribution in [1.82, 2.24) is 15.0 Å². The van der Waals surface area contributed by atoms with E-state index in [0.29, 0.717) is 17.5 Å². The van der Waals surface area contributed by atoms with E-state index in [9.17, 15) is 0 Å². The van der Waals surface area contributed by atoms with Gasteiger partial charge in [-0.2, -0.15) is 0 Å². The summed E-state index contributed by atoms with van der Waals surface area (Å²) in [5.41, 5.74) is 9.38. The SMILES string of the molecule is c1ccc(-c2nc(-c3ccc4c(c3)oc3ccccc34)nc(-c3ccc4c(c3)sc3cc(-c5ccccc5-c5cccc6sc7ccccc7c56)ccc34)n2)cc1. The molecule has 0 spiro atoms. The van der Waals surface area contributed by atoms with Crippen LogP contribution in [-0.2, 0) is 0 Å². The molecule has 0 aliphatic heterocycles.